The van der Waals surface area contributed by atoms with Gasteiger partial charge in [-0.2, -0.15) is 11.8 Å². The largest absolute Gasteiger partial charge is 0.493 e. The quantitative estimate of drug-likeness (QED) is 0.115. The van der Waals surface area contributed by atoms with Gasteiger partial charge in [0.2, 0.25) is 0 Å². The maximum Gasteiger partial charge on any atom is 0.178 e. The molecular weight excluding hydrogens is 1440 g/mol. The van der Waals surface area contributed by atoms with Crippen molar-refractivity contribution in [3.8, 4) is 5.75 Å². The minimum atomic E-state index is -2.91. The molecule has 0 radical (unpaired) electrons. The molecule has 0 aliphatic carbocycles. The number of benzene rings is 11. The fourth-order valence-electron chi connectivity index (χ4n) is 14.3. The maximum atomic E-state index is 11.3. The fourth-order valence-corrected chi connectivity index (χ4v) is 20.8. The number of fused-ring (bicyclic) bond motifs is 11. The minimum Gasteiger partial charge on any atom is -0.493 e. The molecule has 11 aliphatic rings. The molecule has 1 unspecified atom stereocenters. The number of hydrogen-bond acceptors (Lipinski definition) is 12. The third-order valence-electron chi connectivity index (χ3n) is 20.4. The van der Waals surface area contributed by atoms with Crippen LogP contribution in [-0.4, -0.2) is 66.9 Å². The lowest BCUT2D eigenvalue weighted by atomic mass is 10.0. The Kier molecular flexibility index (Phi) is 32.0. The molecule has 0 bridgehead atoms. The Morgan fingerprint density at radius 3 is 1.46 bits per heavy atom. The second-order valence-corrected chi connectivity index (χ2v) is 35.2. The van der Waals surface area contributed by atoms with Crippen LogP contribution in [0, 0.1) is 0 Å². The number of thioether (sulfide) groups is 2. The summed E-state index contributed by atoms with van der Waals surface area (Å²) in [5, 5.41) is 13.5. The second kappa shape index (κ2) is 43.4. The van der Waals surface area contributed by atoms with Gasteiger partial charge in [-0.15, -0.1) is 11.8 Å². The van der Waals surface area contributed by atoms with Crippen LogP contribution in [0.1, 0.15) is 114 Å². The minimum absolute atomic E-state index is 0.284. The van der Waals surface area contributed by atoms with Crippen LogP contribution < -0.4 is 26.0 Å². The summed E-state index contributed by atoms with van der Waals surface area (Å²) < 4.78 is 55.2. The standard InChI is InChI=1S/3C10H13N.C8H9N.C8H8O2S.2C8H8OS.2C8H8O.2C8H8S/c1-2-7-10-9(5-1)6-3-4-8-11-10;1-2-5-10-8-11-7-3-6-9(10)4-1;1-2-4-10-6-8-11-7-5-9(10)3-1;1-2-4-8-6-9-5-7(8)3-1;9-11(10)6-5-7-3-1-2-4-8(7)11;9-10-5-7-3-1-2-4-8(7)6-10;9-10-6-5-7-3-1-2-4-8(7)10;1-2-4-8-6-9-5-7(8)3-1;1-2-4-8-7(3-1)5-6-9-8;1-2-4-8-6-9-5-7(8)3-1;1-2-4-8-7(3-1)5-6-9-8/h1-2,5,7,11H,3-4,6,8H2;1-2,4-5,11H,3,6-8H2;1-4,11H,5-8H2;1-4,9H,5-6H2;1-4H,5-6H2;2*1-4H,5-6H2;4*1-4H,5-6H2. The van der Waals surface area contributed by atoms with Gasteiger partial charge in [0, 0.05) is 93.4 Å². The highest BCUT2D eigenvalue weighted by molar-refractivity contribution is 7.99. The van der Waals surface area contributed by atoms with Crippen LogP contribution in [0.25, 0.3) is 0 Å². The van der Waals surface area contributed by atoms with Crippen LogP contribution in [-0.2, 0) is 143 Å². The molecule has 0 saturated heterocycles. The number of rotatable bonds is 0. The highest BCUT2D eigenvalue weighted by atomic mass is 32.2. The first-order valence-electron chi connectivity index (χ1n) is 38.7. The van der Waals surface area contributed by atoms with Gasteiger partial charge in [0.15, 0.2) is 9.84 Å². The number of anilines is 1. The van der Waals surface area contributed by atoms with E-state index in [4.69, 9.17) is 9.47 Å². The predicted octanol–water partition coefficient (Wildman–Crippen LogP) is 18.7. The Hall–Kier alpha value is -8.19. The third-order valence-corrected chi connectivity index (χ3v) is 27.1. The molecule has 0 spiro atoms. The molecule has 11 aromatic carbocycles. The van der Waals surface area contributed by atoms with Crippen molar-refractivity contribution in [3.63, 3.8) is 0 Å². The van der Waals surface area contributed by atoms with E-state index in [-0.39, 0.29) is 5.75 Å². The van der Waals surface area contributed by atoms with E-state index in [1.54, 1.807) is 12.1 Å². The number of nitrogens with one attached hydrogen (secondary N) is 4. The Bertz CT molecular complexity index is 4220. The first kappa shape index (κ1) is 80.3. The molecule has 1 atom stereocenters. The van der Waals surface area contributed by atoms with E-state index in [0.717, 1.165) is 112 Å². The molecule has 0 saturated carbocycles. The Morgan fingerprint density at radius 2 is 0.844 bits per heavy atom. The third kappa shape index (κ3) is 24.9. The zero-order chi connectivity index (χ0) is 74.9. The molecule has 11 heterocycles. The van der Waals surface area contributed by atoms with Gasteiger partial charge < -0.3 is 30.7 Å². The van der Waals surface area contributed by atoms with E-state index in [1.807, 2.05) is 96.3 Å². The molecule has 10 nitrogen and oxygen atoms in total. The molecule has 15 heteroatoms. The molecule has 11 aromatic rings. The number of sulfone groups is 1. The molecule has 4 N–H and O–H groups in total. The van der Waals surface area contributed by atoms with E-state index < -0.39 is 31.4 Å². The molecule has 11 aliphatic heterocycles. The van der Waals surface area contributed by atoms with Gasteiger partial charge in [-0.25, -0.2) is 8.42 Å². The van der Waals surface area contributed by atoms with Crippen LogP contribution in [0.15, 0.2) is 282 Å². The van der Waals surface area contributed by atoms with Gasteiger partial charge in [-0.05, 0) is 209 Å². The summed E-state index contributed by atoms with van der Waals surface area (Å²) in [6, 6.07) is 91.6. The number of aryl methyl sites for hydroxylation is 5. The summed E-state index contributed by atoms with van der Waals surface area (Å²) in [5.74, 6) is 7.40. The van der Waals surface area contributed by atoms with E-state index >= 15 is 0 Å². The lowest BCUT2D eigenvalue weighted by molar-refractivity contribution is 0.134. The van der Waals surface area contributed by atoms with Crippen LogP contribution in [0.3, 0.4) is 0 Å². The summed E-state index contributed by atoms with van der Waals surface area (Å²) in [6.45, 7) is 10.2. The molecule has 0 fully saturated rings. The SMILES string of the molecule is O=S1(=O)CCc2ccccc21.O=S1CCc2ccccc21.O=S1Cc2ccccc2C1.c1ccc2c(c1)CCCCN2.c1ccc2c(c1)CCCNC2.c1ccc2c(c1)CCNCC2.c1ccc2c(c1)CCO2.c1ccc2c(c1)CCS2.c1ccc2c(c1)CNC2.c1ccc2c(c1)COC2.c1ccc2c(c1)CSC2. The summed E-state index contributed by atoms with van der Waals surface area (Å²) in [5.41, 5.74) is 25.2. The molecule has 109 heavy (non-hydrogen) atoms. The van der Waals surface area contributed by atoms with Gasteiger partial charge in [0.25, 0.3) is 0 Å². The highest BCUT2D eigenvalue weighted by Gasteiger charge is 2.25. The van der Waals surface area contributed by atoms with Crippen molar-refractivity contribution in [2.75, 3.05) is 55.4 Å². The molecule has 22 rings (SSSR count). The lowest BCUT2D eigenvalue weighted by Crippen LogP contribution is -2.16. The maximum absolute atomic E-state index is 11.3. The lowest BCUT2D eigenvalue weighted by Gasteiger charge is -2.04. The Labute approximate surface area is 661 Å². The van der Waals surface area contributed by atoms with Crippen LogP contribution in [0.5, 0.6) is 5.75 Å². The number of hydrogen-bond donors (Lipinski definition) is 4. The average molecular weight is 1550 g/mol. The first-order valence-corrected chi connectivity index (χ1v) is 45.3. The van der Waals surface area contributed by atoms with E-state index in [9.17, 15) is 16.8 Å². The molecule has 566 valence electrons. The average Bonchev–Trinajstić information content (AvgIpc) is 1.66. The van der Waals surface area contributed by atoms with Gasteiger partial charge in [-0.1, -0.05) is 237 Å². The second-order valence-electron chi connectivity index (χ2n) is 28.0. The zero-order valence-electron chi connectivity index (χ0n) is 62.7. The summed E-state index contributed by atoms with van der Waals surface area (Å²) in [7, 11) is -4.22. The van der Waals surface area contributed by atoms with Gasteiger partial charge >= 0.3 is 0 Å². The van der Waals surface area contributed by atoms with Crippen molar-refractivity contribution in [2.24, 2.45) is 0 Å². The Morgan fingerprint density at radius 1 is 0.358 bits per heavy atom. The fraction of sp³-hybridized carbons (Fsp3) is 0.298. The van der Waals surface area contributed by atoms with Gasteiger partial charge in [0.05, 0.1) is 41.3 Å². The monoisotopic (exact) mass is 1540 g/mol. The highest BCUT2D eigenvalue weighted by Crippen LogP contribution is 2.32. The van der Waals surface area contributed by atoms with Crippen molar-refractivity contribution in [1.82, 2.24) is 16.0 Å². The molecular formula is C94H104N4O6S5. The predicted molar refractivity (Wildman–Crippen MR) is 457 cm³/mol. The van der Waals surface area contributed by atoms with Crippen molar-refractivity contribution < 1.29 is 26.3 Å². The van der Waals surface area contributed by atoms with E-state index in [1.165, 1.54) is 168 Å². The normalized spacial score (nSPS) is 17.1. The van der Waals surface area contributed by atoms with E-state index in [2.05, 4.69) is 203 Å². The van der Waals surface area contributed by atoms with Crippen molar-refractivity contribution in [2.45, 2.75) is 141 Å². The zero-order valence-corrected chi connectivity index (χ0v) is 66.8. The van der Waals surface area contributed by atoms with Crippen molar-refractivity contribution >= 4 is 60.6 Å². The molecule has 0 amide bonds. The summed E-state index contributed by atoms with van der Waals surface area (Å²) >= 11 is 3.97. The first-order chi connectivity index (χ1) is 53.7. The van der Waals surface area contributed by atoms with Crippen LogP contribution in [0.2, 0.25) is 0 Å². The Balaban J connectivity index is 0.000000112. The number of para-hydroxylation sites is 2. The van der Waals surface area contributed by atoms with Crippen molar-refractivity contribution in [3.05, 3.63) is 361 Å². The van der Waals surface area contributed by atoms with Crippen molar-refractivity contribution in [1.29, 1.82) is 0 Å². The van der Waals surface area contributed by atoms with E-state index in [0.29, 0.717) is 11.3 Å². The summed E-state index contributed by atoms with van der Waals surface area (Å²) in [4.78, 5) is 3.06. The molecule has 0 aromatic heterocycles. The summed E-state index contributed by atoms with van der Waals surface area (Å²) in [6.07, 6.45) is 12.8. The van der Waals surface area contributed by atoms with Crippen LogP contribution in [0.4, 0.5) is 5.69 Å². The topological polar surface area (TPSA) is 135 Å². The van der Waals surface area contributed by atoms with Gasteiger partial charge in [0.1, 0.15) is 5.75 Å². The van der Waals surface area contributed by atoms with Gasteiger partial charge in [-0.3, -0.25) is 8.42 Å². The van der Waals surface area contributed by atoms with Crippen LogP contribution >= 0.6 is 23.5 Å². The smallest absolute Gasteiger partial charge is 0.178 e. The number of ether oxygens (including phenoxy) is 2.